The monoisotopic (exact) mass is 520 g/mol. The number of rotatable bonds is 7. The molecule has 0 atom stereocenters. The van der Waals surface area contributed by atoms with Gasteiger partial charge < -0.3 is 20.9 Å². The van der Waals surface area contributed by atoms with E-state index in [1.165, 1.54) is 0 Å². The van der Waals surface area contributed by atoms with Gasteiger partial charge in [0.1, 0.15) is 11.5 Å². The Morgan fingerprint density at radius 2 is 0.775 bits per heavy atom. The molecule has 0 saturated carbocycles. The van der Waals surface area contributed by atoms with Gasteiger partial charge in [-0.2, -0.15) is 0 Å². The average Bonchev–Trinajstić information content (AvgIpc) is 3.00. The Morgan fingerprint density at radius 1 is 0.350 bits per heavy atom. The van der Waals surface area contributed by atoms with Crippen molar-refractivity contribution in [2.45, 2.75) is 0 Å². The number of nitrogens with two attached hydrogens (primary N) is 2. The van der Waals surface area contributed by atoms with Gasteiger partial charge in [0.25, 0.3) is 0 Å². The Morgan fingerprint density at radius 3 is 1.35 bits per heavy atom. The van der Waals surface area contributed by atoms with Gasteiger partial charge in [-0.25, -0.2) is 0 Å². The number of hydrogen-bond donors (Lipinski definition) is 2. The van der Waals surface area contributed by atoms with Gasteiger partial charge in [-0.3, -0.25) is 0 Å². The molecule has 4 N–H and O–H groups in total. The van der Waals surface area contributed by atoms with Gasteiger partial charge in [0.05, 0.1) is 11.4 Å². The van der Waals surface area contributed by atoms with Crippen LogP contribution < -0.4 is 20.9 Å². The molecule has 0 amide bonds. The first-order valence-corrected chi connectivity index (χ1v) is 13.1. The fourth-order valence-corrected chi connectivity index (χ4v) is 4.88. The summed E-state index contributed by atoms with van der Waals surface area (Å²) < 4.78 is 12.8. The largest absolute Gasteiger partial charge is 0.455 e. The Hall–Kier alpha value is -5.48. The van der Waals surface area contributed by atoms with Crippen molar-refractivity contribution in [2.75, 3.05) is 11.5 Å². The van der Waals surface area contributed by atoms with Crippen molar-refractivity contribution in [2.24, 2.45) is 0 Å². The molecule has 6 rings (SSSR count). The normalized spacial score (nSPS) is 10.7. The lowest BCUT2D eigenvalue weighted by atomic mass is 9.86. The summed E-state index contributed by atoms with van der Waals surface area (Å²) in [6, 6.07) is 47.6. The Bertz CT molecular complexity index is 1750. The second kappa shape index (κ2) is 11.1. The second-order valence-electron chi connectivity index (χ2n) is 9.37. The third-order valence-electron chi connectivity index (χ3n) is 6.73. The summed E-state index contributed by atoms with van der Waals surface area (Å²) in [5.41, 5.74) is 19.9. The Balaban J connectivity index is 1.62. The van der Waals surface area contributed by atoms with E-state index in [1.54, 1.807) is 0 Å². The van der Waals surface area contributed by atoms with Crippen molar-refractivity contribution in [1.82, 2.24) is 0 Å². The molecule has 0 spiro atoms. The minimum Gasteiger partial charge on any atom is -0.455 e. The first-order chi connectivity index (χ1) is 19.7. The topological polar surface area (TPSA) is 70.5 Å². The quantitative estimate of drug-likeness (QED) is 0.206. The van der Waals surface area contributed by atoms with Gasteiger partial charge in [0.2, 0.25) is 0 Å². The molecular weight excluding hydrogens is 492 g/mol. The maximum Gasteiger partial charge on any atom is 0.158 e. The van der Waals surface area contributed by atoms with Gasteiger partial charge in [-0.1, -0.05) is 109 Å². The van der Waals surface area contributed by atoms with E-state index >= 15 is 0 Å². The van der Waals surface area contributed by atoms with E-state index in [0.717, 1.165) is 33.4 Å². The van der Waals surface area contributed by atoms with Crippen LogP contribution in [0.4, 0.5) is 11.4 Å². The molecule has 4 nitrogen and oxygen atoms in total. The first-order valence-electron chi connectivity index (χ1n) is 13.1. The number of anilines is 2. The fraction of sp³-hybridized carbons (Fsp3) is 0. The molecule has 194 valence electrons. The van der Waals surface area contributed by atoms with Crippen LogP contribution in [0.1, 0.15) is 0 Å². The van der Waals surface area contributed by atoms with Crippen molar-refractivity contribution in [3.63, 3.8) is 0 Å². The summed E-state index contributed by atoms with van der Waals surface area (Å²) in [5, 5.41) is 0. The zero-order valence-corrected chi connectivity index (χ0v) is 21.8. The number of hydrogen-bond acceptors (Lipinski definition) is 4. The van der Waals surface area contributed by atoms with E-state index in [4.69, 9.17) is 20.9 Å². The van der Waals surface area contributed by atoms with Crippen LogP contribution >= 0.6 is 0 Å². The van der Waals surface area contributed by atoms with Gasteiger partial charge in [0.15, 0.2) is 11.5 Å². The number of ether oxygens (including phenoxy) is 2. The molecule has 0 aromatic heterocycles. The number of nitrogen functional groups attached to an aromatic ring is 2. The van der Waals surface area contributed by atoms with Crippen LogP contribution in [-0.4, -0.2) is 0 Å². The van der Waals surface area contributed by atoms with E-state index < -0.39 is 0 Å². The lowest BCUT2D eigenvalue weighted by molar-refractivity contribution is 0.486. The predicted molar refractivity (Wildman–Crippen MR) is 165 cm³/mol. The van der Waals surface area contributed by atoms with E-state index in [-0.39, 0.29) is 0 Å². The van der Waals surface area contributed by atoms with Crippen LogP contribution in [-0.2, 0) is 0 Å². The van der Waals surface area contributed by atoms with Crippen LogP contribution in [0.2, 0.25) is 0 Å². The van der Waals surface area contributed by atoms with E-state index in [0.29, 0.717) is 34.4 Å². The predicted octanol–water partition coefficient (Wildman–Crippen LogP) is 9.44. The molecule has 0 aliphatic heterocycles. The average molecular weight is 521 g/mol. The van der Waals surface area contributed by atoms with Crippen LogP contribution in [0, 0.1) is 0 Å². The molecule has 0 aliphatic carbocycles. The lowest BCUT2D eigenvalue weighted by Gasteiger charge is -2.22. The third-order valence-corrected chi connectivity index (χ3v) is 6.73. The van der Waals surface area contributed by atoms with Gasteiger partial charge >= 0.3 is 0 Å². The minimum atomic E-state index is 0.545. The standard InChI is InChI=1S/C36H28N2O2/c37-32-23-11-21-30(35(32)39-26-15-6-2-7-16-26)29-20-10-19-28(25-13-4-1-5-14-25)34(29)31-22-12-24-33(38)36(31)40-27-17-8-3-9-18-27/h1-24H,37-38H2. The highest BCUT2D eigenvalue weighted by atomic mass is 16.5. The molecule has 0 saturated heterocycles. The molecule has 0 aliphatic rings. The summed E-state index contributed by atoms with van der Waals surface area (Å²) in [6.45, 7) is 0. The van der Waals surface area contributed by atoms with Crippen molar-refractivity contribution in [1.29, 1.82) is 0 Å². The van der Waals surface area contributed by atoms with Crippen molar-refractivity contribution in [3.05, 3.63) is 146 Å². The highest BCUT2D eigenvalue weighted by molar-refractivity contribution is 5.99. The number of para-hydroxylation sites is 4. The van der Waals surface area contributed by atoms with Crippen molar-refractivity contribution >= 4 is 11.4 Å². The van der Waals surface area contributed by atoms with Crippen molar-refractivity contribution in [3.8, 4) is 56.4 Å². The van der Waals surface area contributed by atoms with Gasteiger partial charge in [0, 0.05) is 16.7 Å². The number of benzene rings is 6. The van der Waals surface area contributed by atoms with E-state index in [2.05, 4.69) is 30.3 Å². The molecule has 4 heteroatoms. The summed E-state index contributed by atoms with van der Waals surface area (Å²) in [7, 11) is 0. The van der Waals surface area contributed by atoms with Crippen LogP contribution in [0.5, 0.6) is 23.0 Å². The molecule has 6 aromatic carbocycles. The lowest BCUT2D eigenvalue weighted by Crippen LogP contribution is -1.99. The van der Waals surface area contributed by atoms with E-state index in [1.807, 2.05) is 115 Å². The second-order valence-corrected chi connectivity index (χ2v) is 9.37. The maximum absolute atomic E-state index is 6.57. The van der Waals surface area contributed by atoms with Gasteiger partial charge in [-0.15, -0.1) is 0 Å². The van der Waals surface area contributed by atoms with E-state index in [9.17, 15) is 0 Å². The maximum atomic E-state index is 6.57. The zero-order chi connectivity index (χ0) is 27.3. The highest BCUT2D eigenvalue weighted by Gasteiger charge is 2.22. The SMILES string of the molecule is Nc1cccc(-c2cccc(-c3ccccc3)c2-c2cccc(N)c2Oc2ccccc2)c1Oc1ccccc1. The van der Waals surface area contributed by atoms with Crippen LogP contribution in [0.15, 0.2) is 146 Å². The summed E-state index contributed by atoms with van der Waals surface area (Å²) in [4.78, 5) is 0. The fourth-order valence-electron chi connectivity index (χ4n) is 4.88. The highest BCUT2D eigenvalue weighted by Crippen LogP contribution is 2.49. The summed E-state index contributed by atoms with van der Waals surface area (Å²) >= 11 is 0. The molecular formula is C36H28N2O2. The molecule has 0 fully saturated rings. The molecule has 0 heterocycles. The van der Waals surface area contributed by atoms with Crippen LogP contribution in [0.3, 0.4) is 0 Å². The molecule has 40 heavy (non-hydrogen) atoms. The van der Waals surface area contributed by atoms with Crippen molar-refractivity contribution < 1.29 is 9.47 Å². The molecule has 0 bridgehead atoms. The minimum absolute atomic E-state index is 0.545. The summed E-state index contributed by atoms with van der Waals surface area (Å²) in [5.74, 6) is 2.60. The summed E-state index contributed by atoms with van der Waals surface area (Å²) in [6.07, 6.45) is 0. The van der Waals surface area contributed by atoms with Gasteiger partial charge in [-0.05, 0) is 53.1 Å². The first kappa shape index (κ1) is 24.8. The molecule has 6 aromatic rings. The third kappa shape index (κ3) is 4.98. The Kier molecular flexibility index (Phi) is 6.89. The zero-order valence-electron chi connectivity index (χ0n) is 21.8. The smallest absolute Gasteiger partial charge is 0.158 e. The Labute approximate surface area is 234 Å². The van der Waals surface area contributed by atoms with Crippen LogP contribution in [0.25, 0.3) is 33.4 Å². The molecule has 0 unspecified atom stereocenters. The molecule has 0 radical (unpaired) electrons.